The number of carbonyl (C=O) groups excluding carboxylic acids is 1. The van der Waals surface area contributed by atoms with E-state index in [1.165, 1.54) is 0 Å². The van der Waals surface area contributed by atoms with Crippen molar-refractivity contribution < 1.29 is 19.0 Å². The maximum Gasteiger partial charge on any atom is 0.173 e. The summed E-state index contributed by atoms with van der Waals surface area (Å²) in [5.41, 5.74) is 2.53. The number of carbonyl (C=O) groups is 1. The van der Waals surface area contributed by atoms with Crippen molar-refractivity contribution >= 4 is 49.2 Å². The normalized spacial score (nSPS) is 20.6. The number of ketones is 1. The van der Waals surface area contributed by atoms with Gasteiger partial charge in [-0.05, 0) is 56.5 Å². The number of hydrogen-bond donors (Lipinski definition) is 0. The number of fused-ring (bicyclic) bond motifs is 3. The number of halogens is 3. The molecule has 0 unspecified atom stereocenters. The zero-order valence-corrected chi connectivity index (χ0v) is 18.0. The molecular formula is C19H15Br2ClO4. The molecule has 2 aliphatic rings. The van der Waals surface area contributed by atoms with Gasteiger partial charge in [0.2, 0.25) is 0 Å². The van der Waals surface area contributed by atoms with Crippen LogP contribution in [-0.4, -0.2) is 26.1 Å². The quantitative estimate of drug-likeness (QED) is 0.564. The molecule has 2 atom stereocenters. The van der Waals surface area contributed by atoms with E-state index in [2.05, 4.69) is 31.9 Å². The molecule has 0 fully saturated rings. The monoisotopic (exact) mass is 500 g/mol. The minimum atomic E-state index is -0.278. The van der Waals surface area contributed by atoms with Gasteiger partial charge in [-0.1, -0.05) is 11.6 Å². The molecule has 4 nitrogen and oxygen atoms in total. The summed E-state index contributed by atoms with van der Waals surface area (Å²) in [7, 11) is 3.26. The molecular weight excluding hydrogens is 487 g/mol. The molecule has 0 saturated heterocycles. The summed E-state index contributed by atoms with van der Waals surface area (Å²) in [6.07, 6.45) is 0.852. The molecule has 0 radical (unpaired) electrons. The second kappa shape index (κ2) is 6.73. The van der Waals surface area contributed by atoms with Crippen LogP contribution in [0.25, 0.3) is 0 Å². The maximum atomic E-state index is 13.1. The number of ether oxygens (including phenoxy) is 3. The van der Waals surface area contributed by atoms with Crippen LogP contribution in [0.5, 0.6) is 17.2 Å². The van der Waals surface area contributed by atoms with Crippen molar-refractivity contribution in [1.82, 2.24) is 0 Å². The Morgan fingerprint density at radius 2 is 1.69 bits per heavy atom. The fourth-order valence-corrected chi connectivity index (χ4v) is 5.17. The Morgan fingerprint density at radius 3 is 2.31 bits per heavy atom. The van der Waals surface area contributed by atoms with Crippen LogP contribution < -0.4 is 14.2 Å². The molecule has 1 heterocycles. The molecule has 0 aromatic heterocycles. The van der Waals surface area contributed by atoms with Crippen LogP contribution in [0.15, 0.2) is 27.1 Å². The van der Waals surface area contributed by atoms with Crippen molar-refractivity contribution in [3.8, 4) is 17.2 Å². The van der Waals surface area contributed by atoms with E-state index in [1.54, 1.807) is 32.4 Å². The van der Waals surface area contributed by atoms with Crippen molar-refractivity contribution in [3.63, 3.8) is 0 Å². The van der Waals surface area contributed by atoms with E-state index in [0.717, 1.165) is 31.6 Å². The van der Waals surface area contributed by atoms with Gasteiger partial charge in [0.25, 0.3) is 0 Å². The Kier molecular flexibility index (Phi) is 4.70. The highest BCUT2D eigenvalue weighted by Crippen LogP contribution is 2.50. The lowest BCUT2D eigenvalue weighted by Gasteiger charge is -2.38. The zero-order chi connectivity index (χ0) is 18.6. The van der Waals surface area contributed by atoms with Gasteiger partial charge in [0.15, 0.2) is 5.78 Å². The van der Waals surface area contributed by atoms with Crippen LogP contribution >= 0.6 is 43.5 Å². The van der Waals surface area contributed by atoms with Gasteiger partial charge in [-0.3, -0.25) is 4.79 Å². The fourth-order valence-electron chi connectivity index (χ4n) is 3.84. The van der Waals surface area contributed by atoms with Gasteiger partial charge in [0, 0.05) is 22.6 Å². The van der Waals surface area contributed by atoms with Gasteiger partial charge in [0.05, 0.1) is 34.6 Å². The van der Waals surface area contributed by atoms with Gasteiger partial charge in [-0.15, -0.1) is 0 Å². The van der Waals surface area contributed by atoms with E-state index < -0.39 is 0 Å². The number of rotatable bonds is 2. The molecule has 26 heavy (non-hydrogen) atoms. The molecule has 2 aromatic rings. The Balaban J connectivity index is 1.84. The van der Waals surface area contributed by atoms with Gasteiger partial charge in [-0.25, -0.2) is 0 Å². The zero-order valence-electron chi connectivity index (χ0n) is 14.1. The maximum absolute atomic E-state index is 13.1. The summed E-state index contributed by atoms with van der Waals surface area (Å²) in [5, 5.41) is 0.529. The first-order valence-electron chi connectivity index (χ1n) is 8.07. The van der Waals surface area contributed by atoms with E-state index >= 15 is 0 Å². The third kappa shape index (κ3) is 2.65. The molecule has 136 valence electrons. The molecule has 0 N–H and O–H groups in total. The molecule has 0 amide bonds. The van der Waals surface area contributed by atoms with Gasteiger partial charge in [-0.2, -0.15) is 0 Å². The lowest BCUT2D eigenvalue weighted by molar-refractivity contribution is 0.0629. The minimum Gasteiger partial charge on any atom is -0.495 e. The van der Waals surface area contributed by atoms with E-state index in [9.17, 15) is 4.79 Å². The number of hydrogen-bond acceptors (Lipinski definition) is 4. The molecule has 7 heteroatoms. The Morgan fingerprint density at radius 1 is 1.08 bits per heavy atom. The second-order valence-corrected chi connectivity index (χ2v) is 8.35. The summed E-state index contributed by atoms with van der Waals surface area (Å²) < 4.78 is 19.0. The largest absolute Gasteiger partial charge is 0.495 e. The summed E-state index contributed by atoms with van der Waals surface area (Å²) in [5.74, 6) is 1.83. The lowest BCUT2D eigenvalue weighted by atomic mass is 9.76. The van der Waals surface area contributed by atoms with Crippen molar-refractivity contribution in [2.45, 2.75) is 18.9 Å². The van der Waals surface area contributed by atoms with E-state index in [-0.39, 0.29) is 17.8 Å². The predicted octanol–water partition coefficient (Wildman–Crippen LogP) is 5.24. The average molecular weight is 503 g/mol. The van der Waals surface area contributed by atoms with E-state index in [0.29, 0.717) is 29.2 Å². The van der Waals surface area contributed by atoms with Crippen LogP contribution in [0.2, 0.25) is 5.02 Å². The molecule has 1 aliphatic heterocycles. The van der Waals surface area contributed by atoms with E-state index in [1.807, 2.05) is 0 Å². The standard InChI is InChI=1S/C19H15Br2ClO4/c1-24-18-9-6-12-14(7-10(9)19(25-2)16(21)15(18)20)26-13-4-3-8(22)5-11(13)17(12)23/h3-5,12,14H,6-7H2,1-2H3/t12-,14+/m0/s1. The second-order valence-electron chi connectivity index (χ2n) is 6.33. The molecule has 0 bridgehead atoms. The van der Waals surface area contributed by atoms with Crippen molar-refractivity contribution in [2.24, 2.45) is 5.92 Å². The highest BCUT2D eigenvalue weighted by Gasteiger charge is 2.43. The Labute approximate surface area is 173 Å². The van der Waals surface area contributed by atoms with Crippen LogP contribution in [-0.2, 0) is 12.8 Å². The van der Waals surface area contributed by atoms with Crippen LogP contribution in [0.3, 0.4) is 0 Å². The number of Topliss-reactive ketones (excluding diaryl/α,β-unsaturated/α-hetero) is 1. The fraction of sp³-hybridized carbons (Fsp3) is 0.316. The Hall–Kier alpha value is -1.24. The SMILES string of the molecule is COc1c(Br)c(Br)c(OC)c2c1C[C@@H]1C(=O)c3cc(Cl)ccc3O[C@@H]1C2. The minimum absolute atomic E-state index is 0.0597. The number of methoxy groups -OCH3 is 2. The molecule has 1 aliphatic carbocycles. The average Bonchev–Trinajstić information content (AvgIpc) is 2.63. The molecule has 2 aromatic carbocycles. The highest BCUT2D eigenvalue weighted by molar-refractivity contribution is 9.13. The van der Waals surface area contributed by atoms with Gasteiger partial charge in [0.1, 0.15) is 23.4 Å². The lowest BCUT2D eigenvalue weighted by Crippen LogP contribution is -2.43. The Bertz CT molecular complexity index is 928. The van der Waals surface area contributed by atoms with Gasteiger partial charge < -0.3 is 14.2 Å². The van der Waals surface area contributed by atoms with Crippen molar-refractivity contribution in [1.29, 1.82) is 0 Å². The molecule has 0 saturated carbocycles. The first kappa shape index (κ1) is 18.1. The first-order valence-corrected chi connectivity index (χ1v) is 10.0. The molecule has 4 rings (SSSR count). The van der Waals surface area contributed by atoms with Gasteiger partial charge >= 0.3 is 0 Å². The third-order valence-corrected chi connectivity index (χ3v) is 7.29. The summed E-state index contributed by atoms with van der Waals surface area (Å²) in [6.45, 7) is 0. The summed E-state index contributed by atoms with van der Waals surface area (Å²) >= 11 is 13.2. The third-order valence-electron chi connectivity index (χ3n) is 5.01. The van der Waals surface area contributed by atoms with Crippen LogP contribution in [0.4, 0.5) is 0 Å². The summed E-state index contributed by atoms with van der Waals surface area (Å²) in [4.78, 5) is 13.1. The van der Waals surface area contributed by atoms with Crippen molar-refractivity contribution in [2.75, 3.05) is 14.2 Å². The number of benzene rings is 2. The van der Waals surface area contributed by atoms with Crippen LogP contribution in [0.1, 0.15) is 21.5 Å². The summed E-state index contributed by atoms with van der Waals surface area (Å²) in [6, 6.07) is 5.18. The smallest absolute Gasteiger partial charge is 0.173 e. The highest BCUT2D eigenvalue weighted by atomic mass is 79.9. The molecule has 0 spiro atoms. The van der Waals surface area contributed by atoms with E-state index in [4.69, 9.17) is 25.8 Å². The van der Waals surface area contributed by atoms with Crippen LogP contribution in [0, 0.1) is 5.92 Å². The predicted molar refractivity (Wildman–Crippen MR) is 106 cm³/mol. The van der Waals surface area contributed by atoms with Crippen molar-refractivity contribution in [3.05, 3.63) is 48.9 Å². The first-order chi connectivity index (χ1) is 12.5. The topological polar surface area (TPSA) is 44.8 Å².